The lowest BCUT2D eigenvalue weighted by molar-refractivity contribution is -0.130. The predicted molar refractivity (Wildman–Crippen MR) is 79.8 cm³/mol. The first-order valence-corrected chi connectivity index (χ1v) is 7.80. The summed E-state index contributed by atoms with van der Waals surface area (Å²) in [5, 5.41) is 3.26. The van der Waals surface area contributed by atoms with Crippen molar-refractivity contribution in [3.05, 3.63) is 23.5 Å². The highest BCUT2D eigenvalue weighted by atomic mass is 19.1. The van der Waals surface area contributed by atoms with E-state index in [9.17, 15) is 9.18 Å². The molecule has 0 radical (unpaired) electrons. The van der Waals surface area contributed by atoms with Gasteiger partial charge in [0.15, 0.2) is 11.5 Å². The van der Waals surface area contributed by atoms with Crippen LogP contribution in [0.3, 0.4) is 0 Å². The minimum absolute atomic E-state index is 0.0815. The quantitative estimate of drug-likeness (QED) is 0.916. The Balaban J connectivity index is 1.62. The first-order valence-electron chi connectivity index (χ1n) is 7.80. The number of rotatable bonds is 3. The SMILES string of the molecule is O=C(CCc1cc2c(cc1F)OCCO2)N1CCCNCC1. The minimum Gasteiger partial charge on any atom is -0.486 e. The van der Waals surface area contributed by atoms with E-state index in [1.54, 1.807) is 6.07 Å². The molecule has 22 heavy (non-hydrogen) atoms. The van der Waals surface area contributed by atoms with Gasteiger partial charge in [-0.2, -0.15) is 0 Å². The third-order valence-corrected chi connectivity index (χ3v) is 4.01. The van der Waals surface area contributed by atoms with E-state index in [1.807, 2.05) is 4.90 Å². The number of amides is 1. The molecule has 0 atom stereocenters. The molecule has 5 nitrogen and oxygen atoms in total. The Bertz CT molecular complexity index is 542. The van der Waals surface area contributed by atoms with Crippen molar-refractivity contribution in [2.45, 2.75) is 19.3 Å². The molecule has 1 N–H and O–H groups in total. The van der Waals surface area contributed by atoms with E-state index in [4.69, 9.17) is 9.47 Å². The largest absolute Gasteiger partial charge is 0.486 e. The monoisotopic (exact) mass is 308 g/mol. The van der Waals surface area contributed by atoms with Crippen LogP contribution in [0, 0.1) is 5.82 Å². The maximum absolute atomic E-state index is 14.1. The highest BCUT2D eigenvalue weighted by Crippen LogP contribution is 2.33. The summed E-state index contributed by atoms with van der Waals surface area (Å²) in [4.78, 5) is 14.1. The minimum atomic E-state index is -0.338. The van der Waals surface area contributed by atoms with Gasteiger partial charge in [0.1, 0.15) is 19.0 Å². The van der Waals surface area contributed by atoms with Crippen molar-refractivity contribution in [3.63, 3.8) is 0 Å². The molecule has 2 aliphatic heterocycles. The summed E-state index contributed by atoms with van der Waals surface area (Å²) >= 11 is 0. The van der Waals surface area contributed by atoms with E-state index in [-0.39, 0.29) is 11.7 Å². The van der Waals surface area contributed by atoms with Gasteiger partial charge >= 0.3 is 0 Å². The number of halogens is 1. The van der Waals surface area contributed by atoms with Crippen molar-refractivity contribution in [2.24, 2.45) is 0 Å². The van der Waals surface area contributed by atoms with E-state index in [0.717, 1.165) is 32.6 Å². The Kier molecular flexibility index (Phi) is 4.77. The molecule has 0 bridgehead atoms. The first kappa shape index (κ1) is 15.1. The van der Waals surface area contributed by atoms with Crippen molar-refractivity contribution < 1.29 is 18.7 Å². The van der Waals surface area contributed by atoms with Crippen LogP contribution in [0.2, 0.25) is 0 Å². The summed E-state index contributed by atoms with van der Waals surface area (Å²) in [6.45, 7) is 4.17. The van der Waals surface area contributed by atoms with Crippen molar-refractivity contribution in [3.8, 4) is 11.5 Å². The number of nitrogens with one attached hydrogen (secondary N) is 1. The smallest absolute Gasteiger partial charge is 0.222 e. The van der Waals surface area contributed by atoms with Crippen LogP contribution in [0.15, 0.2) is 12.1 Å². The molecule has 2 aliphatic rings. The number of fused-ring (bicyclic) bond motifs is 1. The Morgan fingerprint density at radius 1 is 1.18 bits per heavy atom. The van der Waals surface area contributed by atoms with Gasteiger partial charge in [-0.25, -0.2) is 4.39 Å². The molecule has 0 aromatic heterocycles. The number of ether oxygens (including phenoxy) is 2. The van der Waals surface area contributed by atoms with E-state index in [2.05, 4.69) is 5.32 Å². The molecule has 1 aromatic rings. The number of benzene rings is 1. The molecule has 3 rings (SSSR count). The van der Waals surface area contributed by atoms with Crippen molar-refractivity contribution in [1.29, 1.82) is 0 Å². The van der Waals surface area contributed by atoms with Gasteiger partial charge in [-0.15, -0.1) is 0 Å². The summed E-state index contributed by atoms with van der Waals surface area (Å²) < 4.78 is 24.9. The lowest BCUT2D eigenvalue weighted by Crippen LogP contribution is -2.34. The molecule has 6 heteroatoms. The maximum Gasteiger partial charge on any atom is 0.222 e. The molecule has 1 saturated heterocycles. The zero-order valence-corrected chi connectivity index (χ0v) is 12.6. The topological polar surface area (TPSA) is 50.8 Å². The summed E-state index contributed by atoms with van der Waals surface area (Å²) in [7, 11) is 0. The van der Waals surface area contributed by atoms with Gasteiger partial charge in [0.25, 0.3) is 0 Å². The van der Waals surface area contributed by atoms with Crippen molar-refractivity contribution >= 4 is 5.91 Å². The van der Waals surface area contributed by atoms with Crippen LogP contribution in [0.5, 0.6) is 11.5 Å². The second kappa shape index (κ2) is 6.96. The molecule has 1 amide bonds. The highest BCUT2D eigenvalue weighted by Gasteiger charge is 2.19. The molecule has 0 saturated carbocycles. The van der Waals surface area contributed by atoms with Crippen LogP contribution >= 0.6 is 0 Å². The summed E-state index contributed by atoms with van der Waals surface area (Å²) in [6, 6.07) is 3.01. The van der Waals surface area contributed by atoms with Crippen LogP contribution in [-0.2, 0) is 11.2 Å². The van der Waals surface area contributed by atoms with Gasteiger partial charge in [-0.05, 0) is 31.0 Å². The fourth-order valence-corrected chi connectivity index (χ4v) is 2.79. The van der Waals surface area contributed by atoms with Gasteiger partial charge in [0.2, 0.25) is 5.91 Å². The Labute approximate surface area is 129 Å². The Morgan fingerprint density at radius 3 is 2.77 bits per heavy atom. The molecular formula is C16H21FN2O3. The van der Waals surface area contributed by atoms with Crippen LogP contribution in [0.4, 0.5) is 4.39 Å². The van der Waals surface area contributed by atoms with Gasteiger partial charge < -0.3 is 19.7 Å². The van der Waals surface area contributed by atoms with Gasteiger partial charge in [0.05, 0.1) is 0 Å². The molecule has 0 aliphatic carbocycles. The van der Waals surface area contributed by atoms with Crippen LogP contribution in [0.25, 0.3) is 0 Å². The second-order valence-electron chi connectivity index (χ2n) is 5.57. The normalized spacial score (nSPS) is 18.0. The van der Waals surface area contributed by atoms with E-state index >= 15 is 0 Å². The van der Waals surface area contributed by atoms with E-state index in [0.29, 0.717) is 43.1 Å². The standard InChI is InChI=1S/C16H21FN2O3/c17-13-11-15-14(21-8-9-22-15)10-12(13)2-3-16(20)19-6-1-4-18-5-7-19/h10-11,18H,1-9H2. The van der Waals surface area contributed by atoms with Gasteiger partial charge in [0, 0.05) is 32.1 Å². The fourth-order valence-electron chi connectivity index (χ4n) is 2.79. The molecule has 0 unspecified atom stereocenters. The zero-order chi connectivity index (χ0) is 15.4. The van der Waals surface area contributed by atoms with Crippen LogP contribution in [-0.4, -0.2) is 50.2 Å². The van der Waals surface area contributed by atoms with E-state index in [1.165, 1.54) is 6.07 Å². The molecule has 1 aromatic carbocycles. The van der Waals surface area contributed by atoms with E-state index < -0.39 is 0 Å². The molecule has 120 valence electrons. The maximum atomic E-state index is 14.1. The number of nitrogens with zero attached hydrogens (tertiary/aromatic N) is 1. The third kappa shape index (κ3) is 3.50. The van der Waals surface area contributed by atoms with Gasteiger partial charge in [-0.3, -0.25) is 4.79 Å². The average molecular weight is 308 g/mol. The number of carbonyl (C=O) groups excluding carboxylic acids is 1. The third-order valence-electron chi connectivity index (χ3n) is 4.01. The lowest BCUT2D eigenvalue weighted by atomic mass is 10.1. The first-order chi connectivity index (χ1) is 10.7. The Morgan fingerprint density at radius 2 is 1.95 bits per heavy atom. The number of hydrogen-bond acceptors (Lipinski definition) is 4. The molecule has 2 heterocycles. The summed E-state index contributed by atoms with van der Waals surface area (Å²) in [5.74, 6) is 0.749. The van der Waals surface area contributed by atoms with Gasteiger partial charge in [-0.1, -0.05) is 0 Å². The molecular weight excluding hydrogens is 287 g/mol. The van der Waals surface area contributed by atoms with Crippen LogP contribution < -0.4 is 14.8 Å². The van der Waals surface area contributed by atoms with Crippen LogP contribution in [0.1, 0.15) is 18.4 Å². The molecule has 1 fully saturated rings. The second-order valence-corrected chi connectivity index (χ2v) is 5.57. The predicted octanol–water partition coefficient (Wildman–Crippen LogP) is 1.35. The fraction of sp³-hybridized carbons (Fsp3) is 0.562. The summed E-state index contributed by atoms with van der Waals surface area (Å²) in [5.41, 5.74) is 0.505. The number of hydrogen-bond donors (Lipinski definition) is 1. The molecule has 0 spiro atoms. The number of carbonyl (C=O) groups is 1. The van der Waals surface area contributed by atoms with Crippen molar-refractivity contribution in [2.75, 3.05) is 39.4 Å². The highest BCUT2D eigenvalue weighted by molar-refractivity contribution is 5.76. The van der Waals surface area contributed by atoms with Crippen molar-refractivity contribution in [1.82, 2.24) is 10.2 Å². The number of aryl methyl sites for hydroxylation is 1. The summed E-state index contributed by atoms with van der Waals surface area (Å²) in [6.07, 6.45) is 1.66. The Hall–Kier alpha value is -1.82. The average Bonchev–Trinajstić information content (AvgIpc) is 2.82. The zero-order valence-electron chi connectivity index (χ0n) is 12.6. The lowest BCUT2D eigenvalue weighted by Gasteiger charge is -2.21.